The van der Waals surface area contributed by atoms with Crippen LogP contribution in [-0.2, 0) is 10.4 Å². The van der Waals surface area contributed by atoms with Gasteiger partial charge in [0.25, 0.3) is 0 Å². The van der Waals surface area contributed by atoms with Crippen molar-refractivity contribution < 1.29 is 31.8 Å². The first-order valence-electron chi connectivity index (χ1n) is 5.62. The molecule has 0 aromatic heterocycles. The van der Waals surface area contributed by atoms with Gasteiger partial charge in [-0.25, -0.2) is 4.79 Å². The average molecular weight is 310 g/mol. The van der Waals surface area contributed by atoms with Gasteiger partial charge < -0.3 is 14.0 Å². The number of carboxylic acid groups (broad SMARTS) is 1. The van der Waals surface area contributed by atoms with E-state index in [-0.39, 0.29) is 11.3 Å². The summed E-state index contributed by atoms with van der Waals surface area (Å²) >= 11 is 0. The van der Waals surface area contributed by atoms with E-state index < -0.39 is 16.4 Å². The van der Waals surface area contributed by atoms with Crippen molar-refractivity contribution in [2.45, 2.75) is 0 Å². The Morgan fingerprint density at radius 2 is 1.57 bits per heavy atom. The Bertz CT molecular complexity index is 750. The molecule has 0 saturated carbocycles. The van der Waals surface area contributed by atoms with Crippen LogP contribution in [0.2, 0.25) is 0 Å². The fraction of sp³-hybridized carbons (Fsp3) is 0. The third-order valence-electron chi connectivity index (χ3n) is 2.34. The molecule has 0 heterocycles. The molecule has 0 unspecified atom stereocenters. The van der Waals surface area contributed by atoms with Gasteiger partial charge in [0, 0.05) is 0 Å². The Morgan fingerprint density at radius 3 is 2.14 bits per heavy atom. The van der Waals surface area contributed by atoms with Crippen molar-refractivity contribution in [2.24, 2.45) is 0 Å². The molecule has 2 aromatic rings. The van der Waals surface area contributed by atoms with E-state index in [0.29, 0.717) is 11.5 Å². The molecule has 0 aliphatic heterocycles. The summed E-state index contributed by atoms with van der Waals surface area (Å²) < 4.78 is 39.2. The molecule has 0 atom stereocenters. The number of carbonyl (C=O) groups is 1. The number of ether oxygens (including phenoxy) is 1. The number of carboxylic acids is 1. The number of rotatable bonds is 5. The van der Waals surface area contributed by atoms with Crippen molar-refractivity contribution in [2.75, 3.05) is 0 Å². The van der Waals surface area contributed by atoms with Gasteiger partial charge in [0.2, 0.25) is 0 Å². The van der Waals surface area contributed by atoms with Gasteiger partial charge in [-0.1, -0.05) is 6.07 Å². The summed E-state index contributed by atoms with van der Waals surface area (Å²) in [6, 6.07) is 11.3. The van der Waals surface area contributed by atoms with E-state index in [2.05, 4.69) is 4.18 Å². The topological polar surface area (TPSA) is 110 Å². The summed E-state index contributed by atoms with van der Waals surface area (Å²) in [5, 5.41) is 8.87. The molecule has 0 aliphatic rings. The monoisotopic (exact) mass is 310 g/mol. The average Bonchev–Trinajstić information content (AvgIpc) is 2.40. The molecule has 2 rings (SSSR count). The SMILES string of the molecule is O=C(O)c1cccc(Oc2ccc(OS(=O)(=O)O)cc2)c1. The predicted molar refractivity (Wildman–Crippen MR) is 72.1 cm³/mol. The smallest absolute Gasteiger partial charge is 0.446 e. The maximum atomic E-state index is 10.8. The van der Waals surface area contributed by atoms with Crippen molar-refractivity contribution in [3.05, 3.63) is 54.1 Å². The molecule has 0 bridgehead atoms. The summed E-state index contributed by atoms with van der Waals surface area (Å²) in [4.78, 5) is 10.8. The number of hydrogen-bond donors (Lipinski definition) is 2. The quantitative estimate of drug-likeness (QED) is 0.815. The molecule has 110 valence electrons. The summed E-state index contributed by atoms with van der Waals surface area (Å²) in [5.41, 5.74) is 0.0822. The van der Waals surface area contributed by atoms with E-state index in [0.717, 1.165) is 0 Å². The maximum Gasteiger partial charge on any atom is 0.446 e. The molecule has 8 heteroatoms. The van der Waals surface area contributed by atoms with Crippen LogP contribution in [0.25, 0.3) is 0 Å². The van der Waals surface area contributed by atoms with E-state index in [4.69, 9.17) is 14.4 Å². The van der Waals surface area contributed by atoms with Crippen LogP contribution in [0.1, 0.15) is 10.4 Å². The second-order valence-electron chi connectivity index (χ2n) is 3.92. The van der Waals surface area contributed by atoms with Gasteiger partial charge in [-0.3, -0.25) is 4.55 Å². The minimum atomic E-state index is -4.57. The predicted octanol–water partition coefficient (Wildman–Crippen LogP) is 2.36. The third-order valence-corrected chi connectivity index (χ3v) is 2.75. The highest BCUT2D eigenvalue weighted by Gasteiger charge is 2.08. The molecular formula is C13H10O7S. The first-order chi connectivity index (χ1) is 9.83. The van der Waals surface area contributed by atoms with Crippen LogP contribution in [0.15, 0.2) is 48.5 Å². The van der Waals surface area contributed by atoms with E-state index >= 15 is 0 Å². The molecule has 0 saturated heterocycles. The fourth-order valence-corrected chi connectivity index (χ4v) is 1.87. The van der Waals surface area contributed by atoms with Crippen molar-refractivity contribution in [3.63, 3.8) is 0 Å². The standard InChI is InChI=1S/C13H10O7S/c14-13(15)9-2-1-3-12(8-9)19-10-4-6-11(7-5-10)20-21(16,17)18/h1-8H,(H,14,15)(H,16,17,18). The molecule has 0 aliphatic carbocycles. The zero-order valence-corrected chi connectivity index (χ0v) is 11.3. The molecule has 2 N–H and O–H groups in total. The minimum absolute atomic E-state index is 0.0795. The summed E-state index contributed by atoms with van der Waals surface area (Å²) in [5.74, 6) is -0.486. The zero-order chi connectivity index (χ0) is 15.5. The highest BCUT2D eigenvalue weighted by molar-refractivity contribution is 7.81. The number of aromatic carboxylic acids is 1. The van der Waals surface area contributed by atoms with E-state index in [1.54, 1.807) is 6.07 Å². The van der Waals surface area contributed by atoms with Crippen LogP contribution in [0, 0.1) is 0 Å². The Labute approximate surface area is 120 Å². The minimum Gasteiger partial charge on any atom is -0.478 e. The van der Waals surface area contributed by atoms with E-state index in [1.165, 1.54) is 42.5 Å². The largest absolute Gasteiger partial charge is 0.478 e. The van der Waals surface area contributed by atoms with Gasteiger partial charge >= 0.3 is 16.4 Å². The molecule has 0 fully saturated rings. The first-order valence-corrected chi connectivity index (χ1v) is 6.98. The van der Waals surface area contributed by atoms with Crippen LogP contribution < -0.4 is 8.92 Å². The third kappa shape index (κ3) is 4.48. The zero-order valence-electron chi connectivity index (χ0n) is 10.5. The van der Waals surface area contributed by atoms with Gasteiger partial charge in [-0.2, -0.15) is 8.42 Å². The van der Waals surface area contributed by atoms with Crippen LogP contribution in [0.3, 0.4) is 0 Å². The molecule has 0 spiro atoms. The molecule has 0 amide bonds. The van der Waals surface area contributed by atoms with Crippen LogP contribution in [0.4, 0.5) is 0 Å². The summed E-state index contributed by atoms with van der Waals surface area (Å²) in [7, 11) is -4.57. The highest BCUT2D eigenvalue weighted by atomic mass is 32.3. The van der Waals surface area contributed by atoms with E-state index in [9.17, 15) is 13.2 Å². The fourth-order valence-electron chi connectivity index (χ4n) is 1.51. The summed E-state index contributed by atoms with van der Waals surface area (Å²) in [6.45, 7) is 0. The van der Waals surface area contributed by atoms with Crippen LogP contribution in [-0.4, -0.2) is 24.0 Å². The summed E-state index contributed by atoms with van der Waals surface area (Å²) in [6.07, 6.45) is 0. The van der Waals surface area contributed by atoms with Gasteiger partial charge in [-0.05, 0) is 42.5 Å². The Balaban J connectivity index is 2.13. The highest BCUT2D eigenvalue weighted by Crippen LogP contribution is 2.25. The Hall–Kier alpha value is -2.58. The van der Waals surface area contributed by atoms with Crippen molar-refractivity contribution in [1.29, 1.82) is 0 Å². The lowest BCUT2D eigenvalue weighted by atomic mass is 10.2. The lowest BCUT2D eigenvalue weighted by Crippen LogP contribution is -2.06. The van der Waals surface area contributed by atoms with Crippen molar-refractivity contribution >= 4 is 16.4 Å². The normalized spacial score (nSPS) is 10.9. The van der Waals surface area contributed by atoms with Crippen LogP contribution in [0.5, 0.6) is 17.2 Å². The van der Waals surface area contributed by atoms with Crippen molar-refractivity contribution in [3.8, 4) is 17.2 Å². The maximum absolute atomic E-state index is 10.8. The number of benzene rings is 2. The van der Waals surface area contributed by atoms with Gasteiger partial charge in [0.15, 0.2) is 0 Å². The lowest BCUT2D eigenvalue weighted by molar-refractivity contribution is 0.0696. The van der Waals surface area contributed by atoms with Crippen molar-refractivity contribution in [1.82, 2.24) is 0 Å². The first kappa shape index (κ1) is 14.8. The molecule has 7 nitrogen and oxygen atoms in total. The number of hydrogen-bond acceptors (Lipinski definition) is 5. The molecule has 21 heavy (non-hydrogen) atoms. The Kier molecular flexibility index (Phi) is 4.10. The molecular weight excluding hydrogens is 300 g/mol. The lowest BCUT2D eigenvalue weighted by Gasteiger charge is -2.07. The van der Waals surface area contributed by atoms with Crippen LogP contribution >= 0.6 is 0 Å². The molecule has 0 radical (unpaired) electrons. The van der Waals surface area contributed by atoms with Gasteiger partial charge in [0.1, 0.15) is 17.2 Å². The second kappa shape index (κ2) is 5.81. The molecule has 2 aromatic carbocycles. The Morgan fingerprint density at radius 1 is 0.952 bits per heavy atom. The van der Waals surface area contributed by atoms with Gasteiger partial charge in [0.05, 0.1) is 5.56 Å². The second-order valence-corrected chi connectivity index (χ2v) is 4.94. The van der Waals surface area contributed by atoms with E-state index in [1.807, 2.05) is 0 Å². The van der Waals surface area contributed by atoms with Gasteiger partial charge in [-0.15, -0.1) is 0 Å².